The van der Waals surface area contributed by atoms with Crippen LogP contribution < -0.4 is 0 Å². The predicted molar refractivity (Wildman–Crippen MR) is 62.4 cm³/mol. The monoisotopic (exact) mass is 223 g/mol. The van der Waals surface area contributed by atoms with Crippen LogP contribution in [-0.4, -0.2) is 0 Å². The van der Waals surface area contributed by atoms with Crippen molar-refractivity contribution < 1.29 is 21.7 Å². The van der Waals surface area contributed by atoms with Crippen molar-refractivity contribution in [2.75, 3.05) is 0 Å². The maximum absolute atomic E-state index is 2.99. The van der Waals surface area contributed by atoms with E-state index >= 15 is 0 Å². The molecule has 0 fully saturated rings. The van der Waals surface area contributed by atoms with Gasteiger partial charge in [0, 0.05) is 21.7 Å². The largest absolute Gasteiger partial charge is 0.358 e. The summed E-state index contributed by atoms with van der Waals surface area (Å²) in [5, 5.41) is 0. The molecule has 1 heteroatoms. The van der Waals surface area contributed by atoms with Gasteiger partial charge in [0.2, 0.25) is 0 Å². The molecule has 14 heavy (non-hydrogen) atoms. The first kappa shape index (κ1) is 23.5. The summed E-state index contributed by atoms with van der Waals surface area (Å²) in [4.78, 5) is 0. The molecule has 0 aromatic carbocycles. The number of hydrogen-bond donors (Lipinski definition) is 0. The van der Waals surface area contributed by atoms with E-state index in [1.165, 1.54) is 0 Å². The Bertz CT molecular complexity index is 143. The van der Waals surface area contributed by atoms with E-state index in [9.17, 15) is 0 Å². The third-order valence-corrected chi connectivity index (χ3v) is 1.17. The van der Waals surface area contributed by atoms with Crippen molar-refractivity contribution in [1.29, 1.82) is 0 Å². The summed E-state index contributed by atoms with van der Waals surface area (Å²) in [6, 6.07) is 0. The molecule has 0 spiro atoms. The van der Waals surface area contributed by atoms with Gasteiger partial charge in [-0.15, -0.1) is 12.8 Å². The summed E-state index contributed by atoms with van der Waals surface area (Å²) < 4.78 is 0. The van der Waals surface area contributed by atoms with Gasteiger partial charge < -0.3 is 22.3 Å². The molecule has 0 bridgehead atoms. The SMILES string of the molecule is [C-]1=CC=CC1.[C-]1=CC=CC1.[CH3-].[CH3-].[CH3-].[Ti]. The molecule has 2 rings (SSSR count). The molecule has 0 aromatic heterocycles. The maximum Gasteiger partial charge on any atom is 0 e. The zero-order valence-electron chi connectivity index (χ0n) is 9.38. The van der Waals surface area contributed by atoms with Crippen LogP contribution in [-0.2, 0) is 21.7 Å². The van der Waals surface area contributed by atoms with Gasteiger partial charge >= 0.3 is 0 Å². The molecule has 0 saturated heterocycles. The molecule has 0 atom stereocenters. The summed E-state index contributed by atoms with van der Waals surface area (Å²) in [7, 11) is 0. The molecule has 0 N–H and O–H groups in total. The van der Waals surface area contributed by atoms with Gasteiger partial charge in [0.25, 0.3) is 0 Å². The minimum absolute atomic E-state index is 0. The molecule has 0 aromatic rings. The molecule has 2 aliphatic carbocycles. The first-order chi connectivity index (χ1) is 5.00. The van der Waals surface area contributed by atoms with Gasteiger partial charge in [-0.2, -0.15) is 12.2 Å². The van der Waals surface area contributed by atoms with Crippen LogP contribution in [0.4, 0.5) is 0 Å². The van der Waals surface area contributed by atoms with E-state index < -0.39 is 0 Å². The Kier molecular flexibility index (Phi) is 30.9. The topological polar surface area (TPSA) is 0 Å². The second-order valence-corrected chi connectivity index (χ2v) is 2.01. The van der Waals surface area contributed by atoms with Crippen molar-refractivity contribution in [2.24, 2.45) is 0 Å². The number of allylic oxidation sites excluding steroid dienone is 8. The minimum atomic E-state index is 0. The third kappa shape index (κ3) is 14.2. The molecule has 80 valence electrons. The Balaban J connectivity index is -0.0000000556. The van der Waals surface area contributed by atoms with Gasteiger partial charge in [0.05, 0.1) is 0 Å². The van der Waals surface area contributed by atoms with Crippen LogP contribution in [0.25, 0.3) is 0 Å². The van der Waals surface area contributed by atoms with E-state index in [2.05, 4.69) is 24.3 Å². The van der Waals surface area contributed by atoms with Crippen LogP contribution in [0.5, 0.6) is 0 Å². The van der Waals surface area contributed by atoms with E-state index in [1.807, 2.05) is 24.3 Å². The average molecular weight is 223 g/mol. The molecule has 0 unspecified atom stereocenters. The smallest absolute Gasteiger partial charge is 0 e. The van der Waals surface area contributed by atoms with Gasteiger partial charge in [0.1, 0.15) is 0 Å². The zero-order chi connectivity index (χ0) is 7.07. The van der Waals surface area contributed by atoms with Crippen LogP contribution in [0.3, 0.4) is 0 Å². The summed E-state index contributed by atoms with van der Waals surface area (Å²) in [6.07, 6.45) is 20.0. The van der Waals surface area contributed by atoms with Crippen LogP contribution in [0.2, 0.25) is 0 Å². The number of hydrogen-bond acceptors (Lipinski definition) is 0. The van der Waals surface area contributed by atoms with Gasteiger partial charge in [-0.3, -0.25) is 12.2 Å². The van der Waals surface area contributed by atoms with Crippen molar-refractivity contribution in [3.63, 3.8) is 0 Å². The van der Waals surface area contributed by atoms with E-state index in [0.717, 1.165) is 12.8 Å². The van der Waals surface area contributed by atoms with E-state index in [1.54, 1.807) is 0 Å². The summed E-state index contributed by atoms with van der Waals surface area (Å²) in [5.41, 5.74) is 0. The molecule has 2 aliphatic rings. The molecule has 0 amide bonds. The predicted octanol–water partition coefficient (Wildman–Crippen LogP) is 3.96. The van der Waals surface area contributed by atoms with Crippen LogP contribution in [0.1, 0.15) is 12.8 Å². The fourth-order valence-corrected chi connectivity index (χ4v) is 0.680. The molecule has 0 aliphatic heterocycles. The Labute approximate surface area is 105 Å². The second kappa shape index (κ2) is 18.5. The Morgan fingerprint density at radius 2 is 1.07 bits per heavy atom. The van der Waals surface area contributed by atoms with E-state index in [-0.39, 0.29) is 44.0 Å². The first-order valence-electron chi connectivity index (χ1n) is 3.43. The first-order valence-corrected chi connectivity index (χ1v) is 3.43. The van der Waals surface area contributed by atoms with Crippen molar-refractivity contribution in [3.05, 3.63) is 70.9 Å². The summed E-state index contributed by atoms with van der Waals surface area (Å²) >= 11 is 0. The summed E-state index contributed by atoms with van der Waals surface area (Å²) in [6.45, 7) is 0. The van der Waals surface area contributed by atoms with Gasteiger partial charge in [0.15, 0.2) is 0 Å². The fraction of sp³-hybridized carbons (Fsp3) is 0.154. The fourth-order valence-electron chi connectivity index (χ4n) is 0.680. The van der Waals surface area contributed by atoms with Crippen molar-refractivity contribution >= 4 is 0 Å². The second-order valence-electron chi connectivity index (χ2n) is 2.01. The molecule has 0 heterocycles. The van der Waals surface area contributed by atoms with Crippen LogP contribution in [0, 0.1) is 34.4 Å². The molecular weight excluding hydrogens is 204 g/mol. The Hall–Kier alpha value is -0.326. The molecule has 0 nitrogen and oxygen atoms in total. The zero-order valence-corrected chi connectivity index (χ0v) is 10.9. The molecule has 0 radical (unpaired) electrons. The normalized spacial score (nSPS) is 12.6. The number of rotatable bonds is 0. The standard InChI is InChI=1S/2C5H5.3CH3.Ti/c2*1-2-4-5-3-1;;;;/h2*1-3H,4H2;3*1H3;/q5*-1;. The van der Waals surface area contributed by atoms with E-state index in [4.69, 9.17) is 0 Å². The van der Waals surface area contributed by atoms with Gasteiger partial charge in [-0.25, -0.2) is 24.3 Å². The van der Waals surface area contributed by atoms with Gasteiger partial charge in [-0.05, 0) is 0 Å². The Morgan fingerprint density at radius 3 is 1.14 bits per heavy atom. The van der Waals surface area contributed by atoms with E-state index in [0.29, 0.717) is 0 Å². The van der Waals surface area contributed by atoms with Crippen LogP contribution >= 0.6 is 0 Å². The average Bonchev–Trinajstić information content (AvgIpc) is 2.67. The van der Waals surface area contributed by atoms with Crippen LogP contribution in [0.15, 0.2) is 36.5 Å². The van der Waals surface area contributed by atoms with Crippen molar-refractivity contribution in [3.8, 4) is 0 Å². The molecule has 0 saturated carbocycles. The van der Waals surface area contributed by atoms with Crippen molar-refractivity contribution in [1.82, 2.24) is 0 Å². The minimum Gasteiger partial charge on any atom is -0.358 e. The maximum atomic E-state index is 2.99. The third-order valence-electron chi connectivity index (χ3n) is 1.17. The summed E-state index contributed by atoms with van der Waals surface area (Å²) in [5.74, 6) is 0. The van der Waals surface area contributed by atoms with Gasteiger partial charge in [-0.1, -0.05) is 0 Å². The Morgan fingerprint density at radius 1 is 0.714 bits per heavy atom. The quantitative estimate of drug-likeness (QED) is 0.430. The van der Waals surface area contributed by atoms with Crippen molar-refractivity contribution in [2.45, 2.75) is 12.8 Å². The molecular formula is C13H19Ti-5.